The molecule has 0 fully saturated rings. The average Bonchev–Trinajstić information content (AvgIpc) is 2.38. The topological polar surface area (TPSA) is 55.8 Å². The standard InChI is InChI=1S/C15H20O4/c1-10-5-7-14(18-3)13(9-10)12(11(2)16)6-8-15(17)19-4/h5-9,11-12,16H,1-4H3/b8-6+/t11-,12-/m0/s1. The molecule has 4 nitrogen and oxygen atoms in total. The lowest BCUT2D eigenvalue weighted by molar-refractivity contribution is -0.134. The van der Waals surface area contributed by atoms with Crippen molar-refractivity contribution >= 4 is 5.97 Å². The van der Waals surface area contributed by atoms with Gasteiger partial charge in [0, 0.05) is 17.6 Å². The van der Waals surface area contributed by atoms with E-state index in [-0.39, 0.29) is 5.92 Å². The minimum atomic E-state index is -0.642. The molecule has 0 bridgehead atoms. The van der Waals surface area contributed by atoms with Gasteiger partial charge in [-0.05, 0) is 19.9 Å². The van der Waals surface area contributed by atoms with Gasteiger partial charge >= 0.3 is 5.97 Å². The maximum atomic E-state index is 11.2. The smallest absolute Gasteiger partial charge is 0.330 e. The van der Waals surface area contributed by atoms with Crippen LogP contribution in [0.15, 0.2) is 30.4 Å². The van der Waals surface area contributed by atoms with Crippen LogP contribution in [0, 0.1) is 6.92 Å². The zero-order valence-corrected chi connectivity index (χ0v) is 11.7. The van der Waals surface area contributed by atoms with Gasteiger partial charge in [-0.25, -0.2) is 4.79 Å². The second kappa shape index (κ2) is 6.95. The number of aliphatic hydroxyl groups is 1. The van der Waals surface area contributed by atoms with Crippen LogP contribution in [0.5, 0.6) is 5.75 Å². The molecule has 0 amide bonds. The van der Waals surface area contributed by atoms with E-state index < -0.39 is 12.1 Å². The Labute approximate surface area is 113 Å². The number of carbonyl (C=O) groups is 1. The Bertz CT molecular complexity index is 463. The highest BCUT2D eigenvalue weighted by Gasteiger charge is 2.19. The van der Waals surface area contributed by atoms with Gasteiger partial charge in [0.2, 0.25) is 0 Å². The minimum absolute atomic E-state index is 0.325. The molecule has 0 saturated heterocycles. The molecule has 2 atom stereocenters. The van der Waals surface area contributed by atoms with Crippen LogP contribution in [0.4, 0.5) is 0 Å². The quantitative estimate of drug-likeness (QED) is 0.654. The Hall–Kier alpha value is -1.81. The van der Waals surface area contributed by atoms with E-state index in [9.17, 15) is 9.90 Å². The van der Waals surface area contributed by atoms with Crippen LogP contribution < -0.4 is 4.74 Å². The molecule has 1 aromatic carbocycles. The van der Waals surface area contributed by atoms with E-state index in [2.05, 4.69) is 4.74 Å². The Morgan fingerprint density at radius 3 is 2.58 bits per heavy atom. The van der Waals surface area contributed by atoms with Crippen molar-refractivity contribution in [3.05, 3.63) is 41.5 Å². The van der Waals surface area contributed by atoms with Crippen LogP contribution >= 0.6 is 0 Å². The Balaban J connectivity index is 3.15. The van der Waals surface area contributed by atoms with E-state index in [1.165, 1.54) is 13.2 Å². The number of aliphatic hydroxyl groups excluding tert-OH is 1. The van der Waals surface area contributed by atoms with E-state index in [4.69, 9.17) is 4.74 Å². The van der Waals surface area contributed by atoms with E-state index >= 15 is 0 Å². The predicted molar refractivity (Wildman–Crippen MR) is 73.3 cm³/mol. The SMILES string of the molecule is COC(=O)/C=C/[C@H](c1cc(C)ccc1OC)[C@H](C)O. The maximum absolute atomic E-state index is 11.2. The number of esters is 1. The Morgan fingerprint density at radius 2 is 2.05 bits per heavy atom. The Morgan fingerprint density at radius 1 is 1.37 bits per heavy atom. The lowest BCUT2D eigenvalue weighted by Crippen LogP contribution is -2.14. The molecular weight excluding hydrogens is 244 g/mol. The molecule has 4 heteroatoms. The van der Waals surface area contributed by atoms with Crippen LogP contribution in [0.2, 0.25) is 0 Å². The van der Waals surface area contributed by atoms with Gasteiger partial charge in [0.05, 0.1) is 20.3 Å². The molecule has 0 aliphatic rings. The third kappa shape index (κ3) is 4.10. The number of hydrogen-bond donors (Lipinski definition) is 1. The second-order valence-corrected chi connectivity index (χ2v) is 4.39. The largest absolute Gasteiger partial charge is 0.496 e. The monoisotopic (exact) mass is 264 g/mol. The number of rotatable bonds is 5. The molecule has 19 heavy (non-hydrogen) atoms. The van der Waals surface area contributed by atoms with Crippen LogP contribution in [-0.4, -0.2) is 31.4 Å². The first-order valence-corrected chi connectivity index (χ1v) is 6.08. The molecule has 1 aromatic rings. The number of benzene rings is 1. The van der Waals surface area contributed by atoms with Gasteiger partial charge in [0.15, 0.2) is 0 Å². The summed E-state index contributed by atoms with van der Waals surface area (Å²) < 4.78 is 9.86. The molecule has 0 aliphatic carbocycles. The van der Waals surface area contributed by atoms with Gasteiger partial charge in [0.25, 0.3) is 0 Å². The molecule has 104 valence electrons. The number of ether oxygens (including phenoxy) is 2. The van der Waals surface area contributed by atoms with Crippen LogP contribution in [0.1, 0.15) is 24.0 Å². The summed E-state index contributed by atoms with van der Waals surface area (Å²) >= 11 is 0. The van der Waals surface area contributed by atoms with Gasteiger partial charge in [-0.1, -0.05) is 23.8 Å². The lowest BCUT2D eigenvalue weighted by atomic mass is 9.91. The summed E-state index contributed by atoms with van der Waals surface area (Å²) in [5.74, 6) is -0.0859. The first-order chi connectivity index (χ1) is 8.99. The molecule has 1 N–H and O–H groups in total. The van der Waals surface area contributed by atoms with Gasteiger partial charge in [0.1, 0.15) is 5.75 Å². The molecular formula is C15H20O4. The Kier molecular flexibility index (Phi) is 5.57. The molecule has 0 saturated carbocycles. The summed E-state index contributed by atoms with van der Waals surface area (Å²) in [6.07, 6.45) is 2.31. The summed E-state index contributed by atoms with van der Waals surface area (Å²) in [4.78, 5) is 11.2. The van der Waals surface area contributed by atoms with Crippen molar-refractivity contribution in [2.75, 3.05) is 14.2 Å². The number of hydrogen-bond acceptors (Lipinski definition) is 4. The molecule has 0 radical (unpaired) electrons. The fourth-order valence-electron chi connectivity index (χ4n) is 1.89. The van der Waals surface area contributed by atoms with E-state index in [1.807, 2.05) is 25.1 Å². The summed E-state index contributed by atoms with van der Waals surface area (Å²) in [7, 11) is 2.90. The van der Waals surface area contributed by atoms with Crippen molar-refractivity contribution in [1.29, 1.82) is 0 Å². The molecule has 0 spiro atoms. The summed E-state index contributed by atoms with van der Waals surface area (Å²) in [5.41, 5.74) is 1.91. The van der Waals surface area contributed by atoms with Gasteiger partial charge in [-0.2, -0.15) is 0 Å². The normalized spacial score (nSPS) is 14.2. The maximum Gasteiger partial charge on any atom is 0.330 e. The van der Waals surface area contributed by atoms with E-state index in [0.29, 0.717) is 5.75 Å². The highest BCUT2D eigenvalue weighted by Crippen LogP contribution is 2.31. The number of carbonyl (C=O) groups excluding carboxylic acids is 1. The van der Waals surface area contributed by atoms with E-state index in [0.717, 1.165) is 11.1 Å². The van der Waals surface area contributed by atoms with Crippen molar-refractivity contribution in [1.82, 2.24) is 0 Å². The van der Waals surface area contributed by atoms with Gasteiger partial charge in [-0.15, -0.1) is 0 Å². The van der Waals surface area contributed by atoms with Crippen molar-refractivity contribution in [2.24, 2.45) is 0 Å². The van der Waals surface area contributed by atoms with Crippen molar-refractivity contribution in [3.63, 3.8) is 0 Å². The summed E-state index contributed by atoms with van der Waals surface area (Å²) in [6, 6.07) is 5.73. The highest BCUT2D eigenvalue weighted by atomic mass is 16.5. The third-order valence-corrected chi connectivity index (χ3v) is 2.90. The molecule has 0 unspecified atom stereocenters. The number of methoxy groups -OCH3 is 2. The molecule has 1 rings (SSSR count). The van der Waals surface area contributed by atoms with Crippen molar-refractivity contribution in [3.8, 4) is 5.75 Å². The minimum Gasteiger partial charge on any atom is -0.496 e. The third-order valence-electron chi connectivity index (χ3n) is 2.90. The zero-order valence-electron chi connectivity index (χ0n) is 11.7. The first-order valence-electron chi connectivity index (χ1n) is 6.08. The number of aryl methyl sites for hydroxylation is 1. The van der Waals surface area contributed by atoms with Gasteiger partial charge < -0.3 is 14.6 Å². The molecule has 0 heterocycles. The fourth-order valence-corrected chi connectivity index (χ4v) is 1.89. The fraction of sp³-hybridized carbons (Fsp3) is 0.400. The molecule has 0 aromatic heterocycles. The predicted octanol–water partition coefficient (Wildman–Crippen LogP) is 2.20. The lowest BCUT2D eigenvalue weighted by Gasteiger charge is -2.19. The van der Waals surface area contributed by atoms with Crippen molar-refractivity contribution in [2.45, 2.75) is 25.9 Å². The summed E-state index contributed by atoms with van der Waals surface area (Å²) in [6.45, 7) is 3.64. The molecule has 0 aliphatic heterocycles. The van der Waals surface area contributed by atoms with E-state index in [1.54, 1.807) is 20.1 Å². The second-order valence-electron chi connectivity index (χ2n) is 4.39. The van der Waals surface area contributed by atoms with Crippen LogP contribution in [0.3, 0.4) is 0 Å². The average molecular weight is 264 g/mol. The first kappa shape index (κ1) is 15.2. The van der Waals surface area contributed by atoms with Gasteiger partial charge in [-0.3, -0.25) is 0 Å². The highest BCUT2D eigenvalue weighted by molar-refractivity contribution is 5.82. The van der Waals surface area contributed by atoms with Crippen molar-refractivity contribution < 1.29 is 19.4 Å². The summed E-state index contributed by atoms with van der Waals surface area (Å²) in [5, 5.41) is 9.90. The van der Waals surface area contributed by atoms with Crippen LogP contribution in [0.25, 0.3) is 0 Å². The zero-order chi connectivity index (χ0) is 14.4. The van der Waals surface area contributed by atoms with Crippen LogP contribution in [-0.2, 0) is 9.53 Å².